The zero-order valence-corrected chi connectivity index (χ0v) is 15.8. The first-order chi connectivity index (χ1) is 12.0. The van der Waals surface area contributed by atoms with Gasteiger partial charge in [-0.15, -0.1) is 0 Å². The average molecular weight is 422 g/mol. The highest BCUT2D eigenvalue weighted by atomic mass is 79.9. The number of ether oxygens (including phenoxy) is 2. The van der Waals surface area contributed by atoms with E-state index in [0.29, 0.717) is 27.8 Å². The molecule has 0 unspecified atom stereocenters. The van der Waals surface area contributed by atoms with Gasteiger partial charge in [-0.1, -0.05) is 33.6 Å². The van der Waals surface area contributed by atoms with Crippen molar-refractivity contribution in [2.24, 2.45) is 0 Å². The normalized spacial score (nSPS) is 10.8. The van der Waals surface area contributed by atoms with Gasteiger partial charge < -0.3 is 14.8 Å². The van der Waals surface area contributed by atoms with Gasteiger partial charge in [0.15, 0.2) is 11.5 Å². The van der Waals surface area contributed by atoms with Gasteiger partial charge in [0.25, 0.3) is 5.91 Å². The Bertz CT molecular complexity index is 875. The van der Waals surface area contributed by atoms with Crippen molar-refractivity contribution in [1.82, 2.24) is 0 Å². The number of carbonyl (C=O) groups excluding carboxylic acids is 1. The summed E-state index contributed by atoms with van der Waals surface area (Å²) in [6, 6.07) is 12.2. The van der Waals surface area contributed by atoms with Crippen LogP contribution in [-0.2, 0) is 4.79 Å². The predicted molar refractivity (Wildman–Crippen MR) is 101 cm³/mol. The second-order valence-corrected chi connectivity index (χ2v) is 6.20. The molecule has 0 aliphatic heterocycles. The van der Waals surface area contributed by atoms with Crippen LogP contribution in [0.15, 0.2) is 46.4 Å². The molecule has 0 spiro atoms. The largest absolute Gasteiger partial charge is 0.493 e. The molecule has 0 atom stereocenters. The lowest BCUT2D eigenvalue weighted by atomic mass is 10.1. The zero-order chi connectivity index (χ0) is 18.4. The zero-order valence-electron chi connectivity index (χ0n) is 13.5. The summed E-state index contributed by atoms with van der Waals surface area (Å²) in [5.74, 6) is 0.274. The van der Waals surface area contributed by atoms with Crippen molar-refractivity contribution in [2.75, 3.05) is 19.5 Å². The third-order valence-electron chi connectivity index (χ3n) is 3.21. The van der Waals surface area contributed by atoms with E-state index in [0.717, 1.165) is 4.47 Å². The van der Waals surface area contributed by atoms with Crippen LogP contribution in [0.5, 0.6) is 11.5 Å². The van der Waals surface area contributed by atoms with E-state index in [2.05, 4.69) is 21.2 Å². The Hall–Kier alpha value is -2.49. The lowest BCUT2D eigenvalue weighted by Crippen LogP contribution is -2.13. The van der Waals surface area contributed by atoms with Crippen LogP contribution in [0.1, 0.15) is 5.56 Å². The van der Waals surface area contributed by atoms with Gasteiger partial charge in [-0.2, -0.15) is 5.26 Å². The number of amides is 1. The number of nitrogens with one attached hydrogen (secondary N) is 1. The Morgan fingerprint density at radius 3 is 2.64 bits per heavy atom. The SMILES string of the molecule is COc1cc(/C=C(/C#N)C(=O)Nc2cccc(Br)c2)cc(Cl)c1OC. The van der Waals surface area contributed by atoms with Gasteiger partial charge in [0, 0.05) is 10.2 Å². The van der Waals surface area contributed by atoms with Crippen molar-refractivity contribution >= 4 is 45.2 Å². The molecule has 0 aliphatic carbocycles. The fourth-order valence-electron chi connectivity index (χ4n) is 2.10. The van der Waals surface area contributed by atoms with Gasteiger partial charge in [-0.3, -0.25) is 4.79 Å². The summed E-state index contributed by atoms with van der Waals surface area (Å²) in [5.41, 5.74) is 1.05. The van der Waals surface area contributed by atoms with Gasteiger partial charge in [-0.25, -0.2) is 0 Å². The summed E-state index contributed by atoms with van der Waals surface area (Å²) < 4.78 is 11.2. The first-order valence-corrected chi connectivity index (χ1v) is 8.25. The smallest absolute Gasteiger partial charge is 0.266 e. The van der Waals surface area contributed by atoms with Crippen LogP contribution in [0.4, 0.5) is 5.69 Å². The molecule has 0 saturated carbocycles. The topological polar surface area (TPSA) is 71.3 Å². The van der Waals surface area contributed by atoms with Gasteiger partial charge in [0.1, 0.15) is 11.6 Å². The number of rotatable bonds is 5. The van der Waals surface area contributed by atoms with E-state index in [-0.39, 0.29) is 5.57 Å². The monoisotopic (exact) mass is 420 g/mol. The number of hydrogen-bond acceptors (Lipinski definition) is 4. The average Bonchev–Trinajstić information content (AvgIpc) is 2.58. The fraction of sp³-hybridized carbons (Fsp3) is 0.111. The van der Waals surface area contributed by atoms with Crippen LogP contribution in [0, 0.1) is 11.3 Å². The van der Waals surface area contributed by atoms with Crippen molar-refractivity contribution < 1.29 is 14.3 Å². The number of nitrogens with zero attached hydrogens (tertiary/aromatic N) is 1. The second kappa shape index (κ2) is 8.56. The van der Waals surface area contributed by atoms with Gasteiger partial charge >= 0.3 is 0 Å². The molecule has 1 N–H and O–H groups in total. The van der Waals surface area contributed by atoms with Crippen LogP contribution in [0.2, 0.25) is 5.02 Å². The molecular weight excluding hydrogens is 408 g/mol. The Morgan fingerprint density at radius 2 is 2.04 bits per heavy atom. The molecule has 7 heteroatoms. The van der Waals surface area contributed by atoms with E-state index in [1.165, 1.54) is 20.3 Å². The van der Waals surface area contributed by atoms with Crippen molar-refractivity contribution in [3.05, 3.63) is 57.0 Å². The molecule has 1 amide bonds. The van der Waals surface area contributed by atoms with E-state index >= 15 is 0 Å². The van der Waals surface area contributed by atoms with E-state index < -0.39 is 5.91 Å². The molecule has 0 fully saturated rings. The highest BCUT2D eigenvalue weighted by Crippen LogP contribution is 2.36. The maximum atomic E-state index is 12.3. The summed E-state index contributed by atoms with van der Waals surface area (Å²) >= 11 is 9.47. The molecule has 0 aromatic heterocycles. The van der Waals surface area contributed by atoms with E-state index in [1.807, 2.05) is 12.1 Å². The Morgan fingerprint density at radius 1 is 1.28 bits per heavy atom. The summed E-state index contributed by atoms with van der Waals surface area (Å²) in [5, 5.41) is 12.3. The van der Waals surface area contributed by atoms with Gasteiger partial charge in [0.05, 0.1) is 19.2 Å². The first kappa shape index (κ1) is 18.8. The second-order valence-electron chi connectivity index (χ2n) is 4.87. The summed E-state index contributed by atoms with van der Waals surface area (Å²) in [6.07, 6.45) is 1.43. The molecule has 5 nitrogen and oxygen atoms in total. The van der Waals surface area contributed by atoms with E-state index in [4.69, 9.17) is 21.1 Å². The molecule has 0 radical (unpaired) electrons. The molecule has 0 saturated heterocycles. The maximum Gasteiger partial charge on any atom is 0.266 e. The van der Waals surface area contributed by atoms with Crippen molar-refractivity contribution in [2.45, 2.75) is 0 Å². The molecular formula is C18H14BrClN2O3. The number of benzene rings is 2. The summed E-state index contributed by atoms with van der Waals surface area (Å²) in [6.45, 7) is 0. The molecule has 2 aromatic rings. The number of halogens is 2. The fourth-order valence-corrected chi connectivity index (χ4v) is 2.80. The number of anilines is 1. The highest BCUT2D eigenvalue weighted by Gasteiger charge is 2.13. The van der Waals surface area contributed by atoms with E-state index in [9.17, 15) is 10.1 Å². The third kappa shape index (κ3) is 4.75. The van der Waals surface area contributed by atoms with Crippen LogP contribution in [0.25, 0.3) is 6.08 Å². The molecule has 2 aromatic carbocycles. The molecule has 128 valence electrons. The molecule has 0 heterocycles. The maximum absolute atomic E-state index is 12.3. The van der Waals surface area contributed by atoms with Crippen molar-refractivity contribution in [3.8, 4) is 17.6 Å². The minimum Gasteiger partial charge on any atom is -0.493 e. The lowest BCUT2D eigenvalue weighted by molar-refractivity contribution is -0.112. The standard InChI is InChI=1S/C18H14BrClN2O3/c1-24-16-8-11(7-15(20)17(16)25-2)6-12(10-21)18(23)22-14-5-3-4-13(19)9-14/h3-9H,1-2H3,(H,22,23)/b12-6-. The predicted octanol–water partition coefficient (Wildman–Crippen LogP) is 4.67. The molecule has 0 bridgehead atoms. The van der Waals surface area contributed by atoms with Crippen molar-refractivity contribution in [1.29, 1.82) is 5.26 Å². The number of methoxy groups -OCH3 is 2. The lowest BCUT2D eigenvalue weighted by Gasteiger charge is -2.10. The van der Waals surface area contributed by atoms with Crippen LogP contribution >= 0.6 is 27.5 Å². The number of hydrogen-bond donors (Lipinski definition) is 1. The van der Waals surface area contributed by atoms with E-state index in [1.54, 1.807) is 30.3 Å². The number of nitriles is 1. The van der Waals surface area contributed by atoms with Gasteiger partial charge in [0.2, 0.25) is 0 Å². The Balaban J connectivity index is 2.32. The molecule has 0 aliphatic rings. The minimum absolute atomic E-state index is 0.0664. The molecule has 2 rings (SSSR count). The van der Waals surface area contributed by atoms with Crippen LogP contribution < -0.4 is 14.8 Å². The summed E-state index contributed by atoms with van der Waals surface area (Å²) in [7, 11) is 2.96. The third-order valence-corrected chi connectivity index (χ3v) is 3.99. The Kier molecular flexibility index (Phi) is 6.45. The quantitative estimate of drug-likeness (QED) is 0.563. The molecule has 25 heavy (non-hydrogen) atoms. The number of carbonyl (C=O) groups is 1. The Labute approximate surface area is 158 Å². The van der Waals surface area contributed by atoms with Crippen LogP contribution in [-0.4, -0.2) is 20.1 Å². The first-order valence-electron chi connectivity index (χ1n) is 7.08. The summed E-state index contributed by atoms with van der Waals surface area (Å²) in [4.78, 5) is 12.3. The highest BCUT2D eigenvalue weighted by molar-refractivity contribution is 9.10. The van der Waals surface area contributed by atoms with Gasteiger partial charge in [-0.05, 0) is 42.0 Å². The van der Waals surface area contributed by atoms with Crippen molar-refractivity contribution in [3.63, 3.8) is 0 Å². The van der Waals surface area contributed by atoms with Crippen LogP contribution in [0.3, 0.4) is 0 Å². The minimum atomic E-state index is -0.522.